The van der Waals surface area contributed by atoms with Gasteiger partial charge in [-0.2, -0.15) is 0 Å². The molecule has 1 saturated carbocycles. The summed E-state index contributed by atoms with van der Waals surface area (Å²) in [4.78, 5) is 0. The highest BCUT2D eigenvalue weighted by molar-refractivity contribution is 4.84. The zero-order valence-electron chi connectivity index (χ0n) is 10.3. The minimum atomic E-state index is 0.258. The average molecular weight is 214 g/mol. The largest absolute Gasteiger partial charge is 0.380 e. The van der Waals surface area contributed by atoms with Crippen LogP contribution in [0, 0.1) is 11.8 Å². The summed E-state index contributed by atoms with van der Waals surface area (Å²) in [6.07, 6.45) is 6.53. The van der Waals surface area contributed by atoms with Crippen molar-refractivity contribution in [3.63, 3.8) is 0 Å². The maximum Gasteiger partial charge on any atom is 0.0737 e. The molecule has 0 aromatic heterocycles. The summed E-state index contributed by atoms with van der Waals surface area (Å²) >= 11 is 0. The van der Waals surface area contributed by atoms with Gasteiger partial charge in [-0.25, -0.2) is 0 Å². The van der Waals surface area contributed by atoms with E-state index < -0.39 is 0 Å². The van der Waals surface area contributed by atoms with Crippen LogP contribution < -0.4 is 11.3 Å². The van der Waals surface area contributed by atoms with E-state index in [2.05, 4.69) is 19.3 Å². The van der Waals surface area contributed by atoms with Crippen LogP contribution in [0.4, 0.5) is 0 Å². The van der Waals surface area contributed by atoms with Crippen molar-refractivity contribution >= 4 is 0 Å². The van der Waals surface area contributed by atoms with E-state index >= 15 is 0 Å². The van der Waals surface area contributed by atoms with Crippen LogP contribution in [0.15, 0.2) is 0 Å². The average Bonchev–Trinajstić information content (AvgIpc) is 2.27. The lowest BCUT2D eigenvalue weighted by Crippen LogP contribution is -2.50. The molecule has 0 bridgehead atoms. The Balaban J connectivity index is 2.50. The molecule has 3 N–H and O–H groups in total. The van der Waals surface area contributed by atoms with Crippen LogP contribution in [0.2, 0.25) is 0 Å². The highest BCUT2D eigenvalue weighted by Gasteiger charge is 2.30. The Hall–Kier alpha value is -0.120. The Morgan fingerprint density at radius 2 is 1.93 bits per heavy atom. The van der Waals surface area contributed by atoms with Crippen molar-refractivity contribution in [1.82, 2.24) is 5.43 Å². The molecule has 3 nitrogen and oxygen atoms in total. The van der Waals surface area contributed by atoms with Crippen LogP contribution in [0.1, 0.15) is 46.0 Å². The van der Waals surface area contributed by atoms with Crippen molar-refractivity contribution in [3.8, 4) is 0 Å². The van der Waals surface area contributed by atoms with Gasteiger partial charge in [0.15, 0.2) is 0 Å². The van der Waals surface area contributed by atoms with E-state index in [-0.39, 0.29) is 6.10 Å². The lowest BCUT2D eigenvalue weighted by Gasteiger charge is -2.36. The Kier molecular flexibility index (Phi) is 5.58. The number of rotatable bonds is 5. The second-order valence-electron chi connectivity index (χ2n) is 4.89. The summed E-state index contributed by atoms with van der Waals surface area (Å²) in [7, 11) is 1.78. The van der Waals surface area contributed by atoms with Gasteiger partial charge in [-0.1, -0.05) is 26.7 Å². The zero-order valence-corrected chi connectivity index (χ0v) is 10.3. The van der Waals surface area contributed by atoms with E-state index in [4.69, 9.17) is 10.6 Å². The molecule has 2 unspecified atom stereocenters. The molecule has 3 heteroatoms. The van der Waals surface area contributed by atoms with E-state index in [9.17, 15) is 0 Å². The molecule has 0 aromatic carbocycles. The Morgan fingerprint density at radius 1 is 1.33 bits per heavy atom. The lowest BCUT2D eigenvalue weighted by molar-refractivity contribution is 0.0338. The number of hydrogen-bond acceptors (Lipinski definition) is 3. The summed E-state index contributed by atoms with van der Waals surface area (Å²) < 4.78 is 5.49. The Morgan fingerprint density at radius 3 is 2.33 bits per heavy atom. The van der Waals surface area contributed by atoms with Gasteiger partial charge in [0.1, 0.15) is 0 Å². The molecule has 0 spiro atoms. The Bertz CT molecular complexity index is 163. The number of ether oxygens (including phenoxy) is 1. The zero-order chi connectivity index (χ0) is 11.3. The maximum absolute atomic E-state index is 5.66. The van der Waals surface area contributed by atoms with Crippen molar-refractivity contribution < 1.29 is 4.74 Å². The molecule has 15 heavy (non-hydrogen) atoms. The first-order chi connectivity index (χ1) is 7.22. The second kappa shape index (κ2) is 6.46. The highest BCUT2D eigenvalue weighted by atomic mass is 16.5. The Labute approximate surface area is 93.7 Å². The second-order valence-corrected chi connectivity index (χ2v) is 4.89. The van der Waals surface area contributed by atoms with E-state index in [0.717, 1.165) is 12.3 Å². The van der Waals surface area contributed by atoms with Gasteiger partial charge in [0.05, 0.1) is 12.1 Å². The molecule has 1 rings (SSSR count). The molecular formula is C12H26N2O. The first kappa shape index (κ1) is 12.9. The van der Waals surface area contributed by atoms with Gasteiger partial charge in [0, 0.05) is 7.11 Å². The van der Waals surface area contributed by atoms with E-state index in [1.165, 1.54) is 25.7 Å². The predicted octanol–water partition coefficient (Wildman–Crippen LogP) is 2.07. The standard InChI is InChI=1S/C12H26N2O/c1-4-11(15-3)12(14-13)10-7-5-9(2)6-8-10/h9-12,14H,4-8,13H2,1-3H3. The molecule has 90 valence electrons. The van der Waals surface area contributed by atoms with Crippen LogP contribution in [0.25, 0.3) is 0 Å². The van der Waals surface area contributed by atoms with Crippen LogP contribution in [-0.2, 0) is 4.74 Å². The lowest BCUT2D eigenvalue weighted by atomic mass is 9.77. The molecule has 0 amide bonds. The fraction of sp³-hybridized carbons (Fsp3) is 1.00. The molecule has 1 fully saturated rings. The van der Waals surface area contributed by atoms with Gasteiger partial charge in [-0.15, -0.1) is 0 Å². The molecule has 0 aromatic rings. The molecule has 0 heterocycles. The van der Waals surface area contributed by atoms with Crippen LogP contribution in [0.5, 0.6) is 0 Å². The van der Waals surface area contributed by atoms with Gasteiger partial charge in [0.2, 0.25) is 0 Å². The smallest absolute Gasteiger partial charge is 0.0737 e. The fourth-order valence-corrected chi connectivity index (χ4v) is 2.76. The maximum atomic E-state index is 5.66. The summed E-state index contributed by atoms with van der Waals surface area (Å²) in [6.45, 7) is 4.50. The minimum absolute atomic E-state index is 0.258. The predicted molar refractivity (Wildman–Crippen MR) is 63.3 cm³/mol. The molecule has 0 aliphatic heterocycles. The molecular weight excluding hydrogens is 188 g/mol. The first-order valence-electron chi connectivity index (χ1n) is 6.21. The molecule has 1 aliphatic rings. The quantitative estimate of drug-likeness (QED) is 0.544. The van der Waals surface area contributed by atoms with Gasteiger partial charge >= 0.3 is 0 Å². The highest BCUT2D eigenvalue weighted by Crippen LogP contribution is 2.32. The topological polar surface area (TPSA) is 47.3 Å². The van der Waals surface area contributed by atoms with Crippen molar-refractivity contribution in [1.29, 1.82) is 0 Å². The summed E-state index contributed by atoms with van der Waals surface area (Å²) in [5.74, 6) is 7.24. The minimum Gasteiger partial charge on any atom is -0.380 e. The van der Waals surface area contributed by atoms with Crippen molar-refractivity contribution in [2.24, 2.45) is 17.7 Å². The van der Waals surface area contributed by atoms with Gasteiger partial charge in [-0.05, 0) is 31.1 Å². The number of hydrazine groups is 1. The SMILES string of the molecule is CCC(OC)C(NN)C1CCC(C)CC1. The monoisotopic (exact) mass is 214 g/mol. The summed E-state index contributed by atoms with van der Waals surface area (Å²) in [5, 5.41) is 0. The van der Waals surface area contributed by atoms with E-state index in [0.29, 0.717) is 12.0 Å². The van der Waals surface area contributed by atoms with Gasteiger partial charge in [0.25, 0.3) is 0 Å². The van der Waals surface area contributed by atoms with Crippen molar-refractivity contribution in [2.45, 2.75) is 58.1 Å². The van der Waals surface area contributed by atoms with Crippen LogP contribution in [0.3, 0.4) is 0 Å². The molecule has 0 saturated heterocycles. The van der Waals surface area contributed by atoms with Crippen molar-refractivity contribution in [3.05, 3.63) is 0 Å². The molecule has 1 aliphatic carbocycles. The van der Waals surface area contributed by atoms with Gasteiger partial charge < -0.3 is 4.74 Å². The fourth-order valence-electron chi connectivity index (χ4n) is 2.76. The third-order valence-electron chi connectivity index (χ3n) is 3.87. The number of methoxy groups -OCH3 is 1. The first-order valence-corrected chi connectivity index (χ1v) is 6.21. The summed E-state index contributed by atoms with van der Waals surface area (Å²) in [6, 6.07) is 0.326. The van der Waals surface area contributed by atoms with Crippen LogP contribution in [-0.4, -0.2) is 19.3 Å². The third-order valence-corrected chi connectivity index (χ3v) is 3.87. The van der Waals surface area contributed by atoms with Crippen LogP contribution >= 0.6 is 0 Å². The summed E-state index contributed by atoms with van der Waals surface area (Å²) in [5.41, 5.74) is 2.96. The molecule has 0 radical (unpaired) electrons. The molecule has 2 atom stereocenters. The van der Waals surface area contributed by atoms with E-state index in [1.807, 2.05) is 0 Å². The number of nitrogens with two attached hydrogens (primary N) is 1. The number of nitrogens with one attached hydrogen (secondary N) is 1. The van der Waals surface area contributed by atoms with Gasteiger partial charge in [-0.3, -0.25) is 11.3 Å². The van der Waals surface area contributed by atoms with E-state index in [1.54, 1.807) is 7.11 Å². The third kappa shape index (κ3) is 3.44. The number of hydrogen-bond donors (Lipinski definition) is 2. The normalized spacial score (nSPS) is 31.2. The van der Waals surface area contributed by atoms with Crippen molar-refractivity contribution in [2.75, 3.05) is 7.11 Å².